The highest BCUT2D eigenvalue weighted by Crippen LogP contribution is 2.45. The molecule has 1 aliphatic carbocycles. The molecule has 0 radical (unpaired) electrons. The highest BCUT2D eigenvalue weighted by molar-refractivity contribution is 6.38. The molecule has 22 heteroatoms. The summed E-state index contributed by atoms with van der Waals surface area (Å²) in [5.41, 5.74) is 4.67. The number of alkyl halides is 1. The van der Waals surface area contributed by atoms with Crippen molar-refractivity contribution in [2.75, 3.05) is 36.4 Å². The van der Waals surface area contributed by atoms with E-state index in [4.69, 9.17) is 22.1 Å². The number of imide groups is 1. The van der Waals surface area contributed by atoms with Gasteiger partial charge in [-0.3, -0.25) is 33.7 Å². The maximum absolute atomic E-state index is 15.7. The lowest BCUT2D eigenvalue weighted by Gasteiger charge is -2.25. The van der Waals surface area contributed by atoms with E-state index in [2.05, 4.69) is 21.3 Å². The molecule has 2 aliphatic heterocycles. The monoisotopic (exact) mass is 1010 g/mol. The van der Waals surface area contributed by atoms with Gasteiger partial charge in [0.25, 0.3) is 11.8 Å². The van der Waals surface area contributed by atoms with Crippen LogP contribution in [-0.2, 0) is 35.3 Å². The molecule has 0 spiro atoms. The van der Waals surface area contributed by atoms with E-state index in [0.29, 0.717) is 49.9 Å². The lowest BCUT2D eigenvalue weighted by Crippen LogP contribution is -2.45. The van der Waals surface area contributed by atoms with Crippen molar-refractivity contribution in [1.82, 2.24) is 25.4 Å². The van der Waals surface area contributed by atoms with Crippen LogP contribution in [0, 0.1) is 23.6 Å². The number of anilines is 2. The molecule has 6 rings (SSSR count). The van der Waals surface area contributed by atoms with Gasteiger partial charge in [0.05, 0.1) is 33.7 Å². The third kappa shape index (κ3) is 13.7. The SMILES string of the molecule is CC(NC(=O)OCc1ccc(NC(=O)[C@H](CCCNC(N)=O)CC(=O)[C@@H](NC(=O)CCCCCN2C(=O)C=CC2=O)C(C)C)cc1)C1CCN(c2c(F)cc3c(=O)c(C(=O)O)cn([C@H]4C[C@@H]4F)c3c2Cl)C1. The maximum Gasteiger partial charge on any atom is 0.407 e. The zero-order valence-electron chi connectivity index (χ0n) is 39.6. The number of urea groups is 1. The molecule has 382 valence electrons. The summed E-state index contributed by atoms with van der Waals surface area (Å²) in [6, 6.07) is 4.64. The van der Waals surface area contributed by atoms with Crippen molar-refractivity contribution in [1.29, 1.82) is 0 Å². The molecule has 2 unspecified atom stereocenters. The number of rotatable bonds is 24. The summed E-state index contributed by atoms with van der Waals surface area (Å²) in [7, 11) is 0. The van der Waals surface area contributed by atoms with Gasteiger partial charge >= 0.3 is 18.1 Å². The van der Waals surface area contributed by atoms with Gasteiger partial charge in [-0.25, -0.2) is 23.2 Å². The standard InChI is InChI=1S/C49H59ClF2N8O11/c1-26(2)42(57-38(62)9-5-4-6-18-59-39(63)14-15-40(59)64)37(61)20-29(8-7-17-54-48(53)69)46(66)56-31-12-10-28(11-13-31)25-71-49(70)55-27(3)30-16-19-58(23-30)44-35(52)21-32-43(41(44)50)60(36-22-34(36)51)24-33(45(32)65)47(67)68/h10-15,21,24,26-27,29-30,34,36,42H,4-9,16-20,22-23,25H2,1-3H3,(H,55,70)(H,56,66)(H,57,62)(H,67,68)(H3,53,54,69)/t27?,29-,30?,34+,36+,42+/m1/s1. The Kier molecular flexibility index (Phi) is 17.9. The number of alkyl carbamates (subject to hydrolysis) is 1. The molecule has 7 amide bonds. The van der Waals surface area contributed by atoms with Gasteiger partial charge in [-0.1, -0.05) is 44.0 Å². The van der Waals surface area contributed by atoms with Crippen LogP contribution in [0.2, 0.25) is 5.02 Å². The first-order chi connectivity index (χ1) is 33.7. The Morgan fingerprint density at radius 2 is 1.66 bits per heavy atom. The number of pyridine rings is 1. The molecule has 6 atom stereocenters. The maximum atomic E-state index is 15.7. The van der Waals surface area contributed by atoms with E-state index in [0.717, 1.165) is 17.2 Å². The van der Waals surface area contributed by atoms with E-state index >= 15 is 4.39 Å². The molecule has 0 bridgehead atoms. The molecule has 2 fully saturated rings. The molecule has 1 aromatic heterocycles. The zero-order valence-corrected chi connectivity index (χ0v) is 40.4. The van der Waals surface area contributed by atoms with Crippen molar-refractivity contribution in [3.05, 3.63) is 80.9 Å². The largest absolute Gasteiger partial charge is 0.477 e. The number of carbonyl (C=O) groups excluding carboxylic acids is 7. The summed E-state index contributed by atoms with van der Waals surface area (Å²) in [4.78, 5) is 116. The fraction of sp³-hybridized carbons (Fsp3) is 0.490. The lowest BCUT2D eigenvalue weighted by atomic mass is 9.89. The Hall–Kier alpha value is -6.90. The first-order valence-corrected chi connectivity index (χ1v) is 24.0. The number of nitrogens with two attached hydrogens (primary N) is 1. The lowest BCUT2D eigenvalue weighted by molar-refractivity contribution is -0.137. The predicted molar refractivity (Wildman–Crippen MR) is 258 cm³/mol. The number of ketones is 1. The van der Waals surface area contributed by atoms with Crippen molar-refractivity contribution < 1.29 is 57.0 Å². The Morgan fingerprint density at radius 3 is 2.30 bits per heavy atom. The molecule has 71 heavy (non-hydrogen) atoms. The minimum atomic E-state index is -1.52. The summed E-state index contributed by atoms with van der Waals surface area (Å²) in [5, 5.41) is 20.1. The zero-order chi connectivity index (χ0) is 51.7. The number of ether oxygens (including phenoxy) is 1. The number of fused-ring (bicyclic) bond motifs is 1. The molecule has 1 saturated heterocycles. The summed E-state index contributed by atoms with van der Waals surface area (Å²) in [5.74, 6) is -5.57. The Bertz CT molecular complexity index is 2630. The Balaban J connectivity index is 0.987. The minimum absolute atomic E-state index is 0.0149. The van der Waals surface area contributed by atoms with Gasteiger partial charge in [-0.05, 0) is 74.6 Å². The molecule has 3 aliphatic rings. The molecule has 19 nitrogen and oxygen atoms in total. The highest BCUT2D eigenvalue weighted by Gasteiger charge is 2.41. The van der Waals surface area contributed by atoms with Crippen LogP contribution in [0.4, 0.5) is 29.7 Å². The number of hydrogen-bond donors (Lipinski definition) is 6. The first-order valence-electron chi connectivity index (χ1n) is 23.6. The van der Waals surface area contributed by atoms with Crippen LogP contribution in [0.15, 0.2) is 53.5 Å². The summed E-state index contributed by atoms with van der Waals surface area (Å²) in [6.07, 6.45) is 4.14. The van der Waals surface area contributed by atoms with Crippen LogP contribution < -0.4 is 37.3 Å². The number of nitrogens with one attached hydrogen (secondary N) is 4. The number of unbranched alkanes of at least 4 members (excludes halogenated alkanes) is 2. The quantitative estimate of drug-likeness (QED) is 0.0480. The smallest absolute Gasteiger partial charge is 0.407 e. The number of nitrogens with zero attached hydrogens (tertiary/aromatic N) is 3. The number of carboxylic acid groups (broad SMARTS) is 1. The van der Waals surface area contributed by atoms with Gasteiger partial charge < -0.3 is 46.3 Å². The van der Waals surface area contributed by atoms with Gasteiger partial charge in [-0.15, -0.1) is 0 Å². The van der Waals surface area contributed by atoms with Gasteiger partial charge in [0.2, 0.25) is 17.2 Å². The van der Waals surface area contributed by atoms with Crippen molar-refractivity contribution >= 4 is 81.4 Å². The van der Waals surface area contributed by atoms with E-state index < -0.39 is 71.0 Å². The van der Waals surface area contributed by atoms with E-state index in [1.807, 2.05) is 0 Å². The van der Waals surface area contributed by atoms with Crippen LogP contribution in [0.3, 0.4) is 0 Å². The second kappa shape index (κ2) is 23.8. The summed E-state index contributed by atoms with van der Waals surface area (Å²) < 4.78 is 36.8. The number of Topliss-reactive ketones (excluding diaryl/α,β-unsaturated/α-hetero) is 1. The number of halogens is 3. The van der Waals surface area contributed by atoms with Crippen LogP contribution in [0.5, 0.6) is 0 Å². The van der Waals surface area contributed by atoms with E-state index in [9.17, 15) is 52.6 Å². The van der Waals surface area contributed by atoms with E-state index in [1.54, 1.807) is 49.9 Å². The van der Waals surface area contributed by atoms with Gasteiger partial charge in [0.15, 0.2) is 5.78 Å². The van der Waals surface area contributed by atoms with Crippen LogP contribution in [-0.4, -0.2) is 107 Å². The molecular weight excluding hydrogens is 950 g/mol. The number of carboxylic acids is 1. The van der Waals surface area contributed by atoms with Crippen molar-refractivity contribution in [2.24, 2.45) is 23.5 Å². The fourth-order valence-electron chi connectivity index (χ4n) is 8.90. The van der Waals surface area contributed by atoms with Crippen LogP contribution >= 0.6 is 11.6 Å². The summed E-state index contributed by atoms with van der Waals surface area (Å²) >= 11 is 6.76. The topological polar surface area (TPSA) is 269 Å². The number of benzene rings is 2. The number of aromatic nitrogens is 1. The van der Waals surface area contributed by atoms with Gasteiger partial charge in [-0.2, -0.15) is 0 Å². The molecule has 2 aromatic carbocycles. The fourth-order valence-corrected chi connectivity index (χ4v) is 9.31. The van der Waals surface area contributed by atoms with Crippen LogP contribution in [0.1, 0.15) is 101 Å². The van der Waals surface area contributed by atoms with E-state index in [1.165, 1.54) is 16.7 Å². The average molecular weight is 1010 g/mol. The summed E-state index contributed by atoms with van der Waals surface area (Å²) in [6.45, 7) is 6.22. The highest BCUT2D eigenvalue weighted by atomic mass is 35.5. The molecule has 1 saturated carbocycles. The second-order valence-electron chi connectivity index (χ2n) is 18.6. The first kappa shape index (κ1) is 53.5. The van der Waals surface area contributed by atoms with Crippen LogP contribution in [0.25, 0.3) is 10.9 Å². The predicted octanol–water partition coefficient (Wildman–Crippen LogP) is 5.50. The minimum Gasteiger partial charge on any atom is -0.477 e. The molecular formula is C49H59ClF2N8O11. The molecule has 3 aromatic rings. The third-order valence-electron chi connectivity index (χ3n) is 13.0. The van der Waals surface area contributed by atoms with Gasteiger partial charge in [0.1, 0.15) is 24.2 Å². The second-order valence-corrected chi connectivity index (χ2v) is 19.0. The number of aromatic carboxylic acids is 1. The van der Waals surface area contributed by atoms with Gasteiger partial charge in [0, 0.05) is 81.4 Å². The Morgan fingerprint density at radius 1 is 0.972 bits per heavy atom. The molecule has 7 N–H and O–H groups in total. The number of hydrogen-bond acceptors (Lipinski definition) is 11. The number of primary amides is 1. The Labute approximate surface area is 412 Å². The van der Waals surface area contributed by atoms with Crippen molar-refractivity contribution in [2.45, 2.75) is 109 Å². The number of carbonyl (C=O) groups is 8. The molecule has 3 heterocycles. The van der Waals surface area contributed by atoms with E-state index in [-0.39, 0.29) is 109 Å². The number of amides is 7. The normalized spacial score (nSPS) is 18.6. The van der Waals surface area contributed by atoms with Crippen molar-refractivity contribution in [3.8, 4) is 0 Å². The third-order valence-corrected chi connectivity index (χ3v) is 13.4. The average Bonchev–Trinajstić information content (AvgIpc) is 3.67. The van der Waals surface area contributed by atoms with Crippen molar-refractivity contribution in [3.63, 3.8) is 0 Å².